The maximum absolute atomic E-state index is 14.0. The molecular weight excluding hydrogens is 796 g/mol. The number of nitrogens with zero attached hydrogens (tertiary/aromatic N) is 6. The van der Waals surface area contributed by atoms with E-state index in [2.05, 4.69) is 20.1 Å². The summed E-state index contributed by atoms with van der Waals surface area (Å²) in [6.07, 6.45) is 8.68. The number of hydrogen-bond acceptors (Lipinski definition) is 10. The lowest BCUT2D eigenvalue weighted by molar-refractivity contribution is -0.144. The third kappa shape index (κ3) is 15.4. The van der Waals surface area contributed by atoms with Gasteiger partial charge in [-0.1, -0.05) is 35.9 Å². The van der Waals surface area contributed by atoms with Crippen LogP contribution < -0.4 is 0 Å². The molecule has 0 saturated carbocycles. The number of rotatable bonds is 27. The molecule has 2 rings (SSSR count). The van der Waals surface area contributed by atoms with E-state index in [-0.39, 0.29) is 64.0 Å². The van der Waals surface area contributed by atoms with E-state index in [1.807, 2.05) is 0 Å². The fourth-order valence-corrected chi connectivity index (χ4v) is 5.22. The Kier molecular flexibility index (Phi) is 22.0. The molecule has 22 heteroatoms. The fourth-order valence-electron chi connectivity index (χ4n) is 5.22. The van der Waals surface area contributed by atoms with Crippen LogP contribution in [0, 0.1) is 46.5 Å². The molecular formula is C36H40F8N6O8. The van der Waals surface area contributed by atoms with Crippen molar-refractivity contribution in [3.63, 3.8) is 0 Å². The molecule has 0 N–H and O–H groups in total. The largest absolute Gasteiger partial charge is 0.466 e. The van der Waals surface area contributed by atoms with E-state index < -0.39 is 81.0 Å². The zero-order chi connectivity index (χ0) is 43.0. The predicted molar refractivity (Wildman–Crippen MR) is 187 cm³/mol. The number of esters is 4. The Morgan fingerprint density at radius 3 is 0.948 bits per heavy atom. The van der Waals surface area contributed by atoms with Crippen LogP contribution in [0.4, 0.5) is 46.5 Å². The van der Waals surface area contributed by atoms with Crippen molar-refractivity contribution in [3.05, 3.63) is 78.6 Å². The molecule has 0 fully saturated rings. The third-order valence-corrected chi connectivity index (χ3v) is 8.26. The summed E-state index contributed by atoms with van der Waals surface area (Å²) < 4.78 is 131. The molecule has 0 spiro atoms. The van der Waals surface area contributed by atoms with Crippen LogP contribution in [-0.4, -0.2) is 50.3 Å². The SMILES string of the molecule is [N-]=[N+]=Nc1c(F)c(F)c(C(=O)OCCCCCCOC(=O)CCCCCCCCC(=O)OCCCCCCOC(=O)c2c(F)c(F)c(N=[N+]=[N-])c(F)c2F)c(F)c1F. The van der Waals surface area contributed by atoms with Gasteiger partial charge in [-0.25, -0.2) is 44.7 Å². The molecule has 0 unspecified atom stereocenters. The van der Waals surface area contributed by atoms with Crippen molar-refractivity contribution in [1.82, 2.24) is 0 Å². The Bertz CT molecular complexity index is 1670. The van der Waals surface area contributed by atoms with Crippen molar-refractivity contribution in [2.45, 2.75) is 103 Å². The number of halogens is 8. The predicted octanol–water partition coefficient (Wildman–Crippen LogP) is 11.0. The average Bonchev–Trinajstić information content (AvgIpc) is 3.19. The lowest BCUT2D eigenvalue weighted by atomic mass is 10.1. The molecule has 0 aliphatic heterocycles. The Morgan fingerprint density at radius 1 is 0.397 bits per heavy atom. The highest BCUT2D eigenvalue weighted by atomic mass is 19.2. The molecule has 318 valence electrons. The highest BCUT2D eigenvalue weighted by Gasteiger charge is 2.31. The summed E-state index contributed by atoms with van der Waals surface area (Å²) in [5, 5.41) is 5.08. The van der Waals surface area contributed by atoms with E-state index in [0.717, 1.165) is 25.7 Å². The molecule has 0 aliphatic rings. The fraction of sp³-hybridized carbons (Fsp3) is 0.556. The summed E-state index contributed by atoms with van der Waals surface area (Å²) in [5.41, 5.74) is 10.3. The van der Waals surface area contributed by atoms with E-state index in [1.54, 1.807) is 0 Å². The van der Waals surface area contributed by atoms with Crippen molar-refractivity contribution >= 4 is 35.3 Å². The highest BCUT2D eigenvalue weighted by molar-refractivity contribution is 5.91. The average molecular weight is 837 g/mol. The number of unbranched alkanes of at least 4 members (excludes halogenated alkanes) is 11. The lowest BCUT2D eigenvalue weighted by Gasteiger charge is -2.09. The number of carbonyl (C=O) groups is 4. The second-order valence-electron chi connectivity index (χ2n) is 12.5. The highest BCUT2D eigenvalue weighted by Crippen LogP contribution is 2.32. The zero-order valence-corrected chi connectivity index (χ0v) is 31.1. The van der Waals surface area contributed by atoms with E-state index in [4.69, 9.17) is 30.0 Å². The smallest absolute Gasteiger partial charge is 0.344 e. The second kappa shape index (κ2) is 26.3. The monoisotopic (exact) mass is 836 g/mol. The number of hydrogen-bond donors (Lipinski definition) is 0. The van der Waals surface area contributed by atoms with Crippen LogP contribution in [0.15, 0.2) is 10.2 Å². The maximum Gasteiger partial charge on any atom is 0.344 e. The van der Waals surface area contributed by atoms with Gasteiger partial charge in [-0.15, -0.1) is 0 Å². The van der Waals surface area contributed by atoms with E-state index in [9.17, 15) is 54.3 Å². The van der Waals surface area contributed by atoms with Gasteiger partial charge in [0.15, 0.2) is 46.5 Å². The number of azide groups is 2. The van der Waals surface area contributed by atoms with Gasteiger partial charge in [0.25, 0.3) is 0 Å². The van der Waals surface area contributed by atoms with Crippen LogP contribution in [0.1, 0.15) is 123 Å². The van der Waals surface area contributed by atoms with Crippen LogP contribution in [0.3, 0.4) is 0 Å². The zero-order valence-electron chi connectivity index (χ0n) is 31.1. The minimum atomic E-state index is -2.04. The molecule has 0 heterocycles. The first kappa shape index (κ1) is 48.5. The Balaban J connectivity index is 1.41. The minimum absolute atomic E-state index is 0.165. The molecule has 0 saturated heterocycles. The van der Waals surface area contributed by atoms with Gasteiger partial charge < -0.3 is 18.9 Å². The molecule has 0 aliphatic carbocycles. The molecule has 0 bridgehead atoms. The first-order valence-corrected chi connectivity index (χ1v) is 18.3. The number of ether oxygens (including phenoxy) is 4. The Hall–Kier alpha value is -5.62. The van der Waals surface area contributed by atoms with Crippen molar-refractivity contribution < 1.29 is 73.2 Å². The summed E-state index contributed by atoms with van der Waals surface area (Å²) in [6, 6.07) is 0. The topological polar surface area (TPSA) is 203 Å². The summed E-state index contributed by atoms with van der Waals surface area (Å²) >= 11 is 0. The molecule has 14 nitrogen and oxygen atoms in total. The van der Waals surface area contributed by atoms with E-state index in [0.29, 0.717) is 51.4 Å². The van der Waals surface area contributed by atoms with Crippen LogP contribution >= 0.6 is 0 Å². The van der Waals surface area contributed by atoms with E-state index in [1.165, 1.54) is 0 Å². The van der Waals surface area contributed by atoms with Gasteiger partial charge >= 0.3 is 23.9 Å². The molecule has 58 heavy (non-hydrogen) atoms. The standard InChI is InChI=1S/C36H40F8N6O8/c37-25-23(26(38)30(42)33(29(25)41)47-49-45)35(53)57-19-13-7-5-11-17-55-21(51)15-9-3-1-2-4-10-16-22(52)56-18-12-6-8-14-20-58-36(54)24-27(39)31(43)34(48-50-46)32(44)28(24)40/h1-20H2. The normalized spacial score (nSPS) is 10.7. The van der Waals surface area contributed by atoms with E-state index >= 15 is 0 Å². The van der Waals surface area contributed by atoms with Crippen molar-refractivity contribution in [1.29, 1.82) is 0 Å². The Morgan fingerprint density at radius 2 is 0.655 bits per heavy atom. The summed E-state index contributed by atoms with van der Waals surface area (Å²) in [4.78, 5) is 51.9. The van der Waals surface area contributed by atoms with Gasteiger partial charge in [0.05, 0.1) is 26.4 Å². The van der Waals surface area contributed by atoms with Gasteiger partial charge in [-0.2, -0.15) is 0 Å². The van der Waals surface area contributed by atoms with Gasteiger partial charge in [-0.3, -0.25) is 9.59 Å². The molecule has 0 amide bonds. The molecule has 2 aromatic rings. The van der Waals surface area contributed by atoms with Crippen LogP contribution in [0.25, 0.3) is 20.9 Å². The number of benzene rings is 2. The quantitative estimate of drug-likeness (QED) is 0.0123. The third-order valence-electron chi connectivity index (χ3n) is 8.26. The summed E-state index contributed by atoms with van der Waals surface area (Å²) in [7, 11) is 0. The van der Waals surface area contributed by atoms with Crippen molar-refractivity contribution in [2.24, 2.45) is 10.2 Å². The number of carbonyl (C=O) groups excluding carboxylic acids is 4. The first-order valence-electron chi connectivity index (χ1n) is 18.3. The van der Waals surface area contributed by atoms with Crippen molar-refractivity contribution in [2.75, 3.05) is 26.4 Å². The molecule has 0 aromatic heterocycles. The van der Waals surface area contributed by atoms with Gasteiger partial charge in [0.1, 0.15) is 22.5 Å². The van der Waals surface area contributed by atoms with Gasteiger partial charge in [0.2, 0.25) is 0 Å². The first-order chi connectivity index (χ1) is 27.8. The van der Waals surface area contributed by atoms with Gasteiger partial charge in [-0.05, 0) is 75.3 Å². The molecule has 0 atom stereocenters. The van der Waals surface area contributed by atoms with Crippen molar-refractivity contribution in [3.8, 4) is 0 Å². The van der Waals surface area contributed by atoms with Crippen LogP contribution in [0.5, 0.6) is 0 Å². The van der Waals surface area contributed by atoms with Crippen LogP contribution in [0.2, 0.25) is 0 Å². The Labute approximate surface area is 326 Å². The summed E-state index contributed by atoms with van der Waals surface area (Å²) in [6.45, 7) is -0.262. The minimum Gasteiger partial charge on any atom is -0.466 e. The lowest BCUT2D eigenvalue weighted by Crippen LogP contribution is -2.14. The van der Waals surface area contributed by atoms with Gasteiger partial charge in [0, 0.05) is 22.7 Å². The maximum atomic E-state index is 14.0. The summed E-state index contributed by atoms with van der Waals surface area (Å²) in [5.74, 6) is -20.2. The van der Waals surface area contributed by atoms with Crippen LogP contribution in [-0.2, 0) is 28.5 Å². The molecule has 0 radical (unpaired) electrons. The molecule has 2 aromatic carbocycles. The second-order valence-corrected chi connectivity index (χ2v) is 12.5.